The molecule has 0 radical (unpaired) electrons. The second-order valence-electron chi connectivity index (χ2n) is 4.75. The lowest BCUT2D eigenvalue weighted by Gasteiger charge is -2.26. The van der Waals surface area contributed by atoms with Gasteiger partial charge in [0.15, 0.2) is 17.9 Å². The normalized spacial score (nSPS) is 24.6. The van der Waals surface area contributed by atoms with E-state index >= 15 is 0 Å². The number of likely N-dealkylation sites (N-methyl/N-ethyl adjacent to an activating group) is 1. The zero-order valence-electron chi connectivity index (χ0n) is 10.2. The van der Waals surface area contributed by atoms with Crippen LogP contribution < -0.4 is 4.90 Å². The zero-order valence-corrected chi connectivity index (χ0v) is 10.2. The molecule has 0 saturated carbocycles. The van der Waals surface area contributed by atoms with E-state index in [-0.39, 0.29) is 12.1 Å². The Bertz CT molecular complexity index is 389. The molecule has 0 bridgehead atoms. The molecule has 0 spiro atoms. The van der Waals surface area contributed by atoms with Crippen molar-refractivity contribution in [2.24, 2.45) is 0 Å². The number of β-amino-alcohol motifs (C(OH)–C–C–N with tert-alkyl or cyclic N) is 1. The van der Waals surface area contributed by atoms with E-state index in [4.69, 9.17) is 4.42 Å². The summed E-state index contributed by atoms with van der Waals surface area (Å²) >= 11 is 0. The standard InChI is InChI=1S/C12H18N2O3/c1-13(2)6-9-5-10(16)7-14(9)12-4-3-11(8-15)17-12/h3-4,8-10,16H,5-7H2,1-2H3. The van der Waals surface area contributed by atoms with E-state index in [0.29, 0.717) is 24.5 Å². The molecule has 5 heteroatoms. The van der Waals surface area contributed by atoms with E-state index in [1.807, 2.05) is 19.0 Å². The third-order valence-electron chi connectivity index (χ3n) is 2.98. The zero-order chi connectivity index (χ0) is 12.4. The maximum absolute atomic E-state index is 10.6. The van der Waals surface area contributed by atoms with Gasteiger partial charge in [-0.05, 0) is 26.6 Å². The molecule has 2 rings (SSSR count). The molecule has 2 atom stereocenters. The Labute approximate surface area is 101 Å². The number of hydrogen-bond donors (Lipinski definition) is 1. The van der Waals surface area contributed by atoms with Crippen molar-refractivity contribution in [1.29, 1.82) is 0 Å². The van der Waals surface area contributed by atoms with Gasteiger partial charge in [-0.3, -0.25) is 4.79 Å². The summed E-state index contributed by atoms with van der Waals surface area (Å²) in [6.07, 6.45) is 1.09. The molecule has 0 aromatic carbocycles. The van der Waals surface area contributed by atoms with Crippen molar-refractivity contribution in [2.75, 3.05) is 32.1 Å². The van der Waals surface area contributed by atoms with Gasteiger partial charge in [0.05, 0.1) is 6.10 Å². The molecule has 1 aliphatic heterocycles. The molecule has 1 N–H and O–H groups in total. The van der Waals surface area contributed by atoms with Gasteiger partial charge in [0, 0.05) is 25.2 Å². The average molecular weight is 238 g/mol. The molecular weight excluding hydrogens is 220 g/mol. The van der Waals surface area contributed by atoms with Gasteiger partial charge in [-0.15, -0.1) is 0 Å². The summed E-state index contributed by atoms with van der Waals surface area (Å²) in [5.41, 5.74) is 0. The summed E-state index contributed by atoms with van der Waals surface area (Å²) in [4.78, 5) is 14.7. The molecule has 94 valence electrons. The first-order valence-corrected chi connectivity index (χ1v) is 5.74. The van der Waals surface area contributed by atoms with Crippen LogP contribution in [0.1, 0.15) is 17.0 Å². The predicted octanol–water partition coefficient (Wildman–Crippen LogP) is 0.593. The van der Waals surface area contributed by atoms with Gasteiger partial charge in [-0.25, -0.2) is 0 Å². The lowest BCUT2D eigenvalue weighted by Crippen LogP contribution is -2.37. The van der Waals surface area contributed by atoms with Crippen LogP contribution in [-0.2, 0) is 0 Å². The molecule has 1 aromatic heterocycles. The summed E-state index contributed by atoms with van der Waals surface area (Å²) in [5.74, 6) is 0.987. The number of carbonyl (C=O) groups excluding carboxylic acids is 1. The summed E-state index contributed by atoms with van der Waals surface area (Å²) in [5, 5.41) is 9.74. The smallest absolute Gasteiger partial charge is 0.196 e. The molecule has 0 amide bonds. The van der Waals surface area contributed by atoms with E-state index in [2.05, 4.69) is 4.90 Å². The van der Waals surface area contributed by atoms with E-state index in [1.165, 1.54) is 0 Å². The van der Waals surface area contributed by atoms with E-state index in [9.17, 15) is 9.90 Å². The maximum Gasteiger partial charge on any atom is 0.196 e. The molecule has 1 saturated heterocycles. The number of rotatable bonds is 4. The Morgan fingerprint density at radius 1 is 1.59 bits per heavy atom. The largest absolute Gasteiger partial charge is 0.438 e. The van der Waals surface area contributed by atoms with Crippen LogP contribution in [-0.4, -0.2) is 55.6 Å². The van der Waals surface area contributed by atoms with E-state index < -0.39 is 0 Å². The minimum Gasteiger partial charge on any atom is -0.438 e. The first-order chi connectivity index (χ1) is 8.10. The predicted molar refractivity (Wildman–Crippen MR) is 64.4 cm³/mol. The van der Waals surface area contributed by atoms with Crippen molar-refractivity contribution in [2.45, 2.75) is 18.6 Å². The lowest BCUT2D eigenvalue weighted by molar-refractivity contribution is 0.110. The monoisotopic (exact) mass is 238 g/mol. The third kappa shape index (κ3) is 2.68. The number of carbonyl (C=O) groups is 1. The molecule has 1 fully saturated rings. The van der Waals surface area contributed by atoms with Crippen LogP contribution >= 0.6 is 0 Å². The minimum absolute atomic E-state index is 0.227. The average Bonchev–Trinajstić information content (AvgIpc) is 2.83. The number of anilines is 1. The second-order valence-corrected chi connectivity index (χ2v) is 4.75. The van der Waals surface area contributed by atoms with Crippen LogP contribution in [0.25, 0.3) is 0 Å². The Balaban J connectivity index is 2.14. The highest BCUT2D eigenvalue weighted by Gasteiger charge is 2.32. The fourth-order valence-electron chi connectivity index (χ4n) is 2.32. The summed E-state index contributed by atoms with van der Waals surface area (Å²) in [7, 11) is 4.00. The molecule has 0 aliphatic carbocycles. The minimum atomic E-state index is -0.329. The topological polar surface area (TPSA) is 56.9 Å². The first-order valence-electron chi connectivity index (χ1n) is 5.74. The van der Waals surface area contributed by atoms with Crippen molar-refractivity contribution < 1.29 is 14.3 Å². The quantitative estimate of drug-likeness (QED) is 0.778. The van der Waals surface area contributed by atoms with Crippen molar-refractivity contribution in [3.05, 3.63) is 17.9 Å². The van der Waals surface area contributed by atoms with Crippen molar-refractivity contribution >= 4 is 12.2 Å². The van der Waals surface area contributed by atoms with Gasteiger partial charge >= 0.3 is 0 Å². The number of furan rings is 1. The fourth-order valence-corrected chi connectivity index (χ4v) is 2.32. The summed E-state index contributed by atoms with van der Waals surface area (Å²) < 4.78 is 5.41. The number of aliphatic hydroxyl groups is 1. The van der Waals surface area contributed by atoms with Crippen LogP contribution in [0.3, 0.4) is 0 Å². The Kier molecular flexibility index (Phi) is 3.49. The molecule has 2 heterocycles. The number of aliphatic hydroxyl groups excluding tert-OH is 1. The van der Waals surface area contributed by atoms with Crippen molar-refractivity contribution in [3.8, 4) is 0 Å². The van der Waals surface area contributed by atoms with Gasteiger partial charge in [-0.2, -0.15) is 0 Å². The first kappa shape index (κ1) is 12.1. The molecule has 1 aromatic rings. The Morgan fingerprint density at radius 2 is 2.35 bits per heavy atom. The molecule has 1 aliphatic rings. The van der Waals surface area contributed by atoms with E-state index in [0.717, 1.165) is 13.0 Å². The number of hydrogen-bond acceptors (Lipinski definition) is 5. The molecular formula is C12H18N2O3. The van der Waals surface area contributed by atoms with Gasteiger partial charge < -0.3 is 19.3 Å². The van der Waals surface area contributed by atoms with E-state index in [1.54, 1.807) is 12.1 Å². The van der Waals surface area contributed by atoms with Gasteiger partial charge in [0.2, 0.25) is 0 Å². The summed E-state index contributed by atoms with van der Waals surface area (Å²) in [6.45, 7) is 1.42. The number of aldehydes is 1. The lowest BCUT2D eigenvalue weighted by atomic mass is 10.2. The number of nitrogens with zero attached hydrogens (tertiary/aromatic N) is 2. The van der Waals surface area contributed by atoms with Gasteiger partial charge in [0.25, 0.3) is 0 Å². The maximum atomic E-state index is 10.6. The SMILES string of the molecule is CN(C)CC1CC(O)CN1c1ccc(C=O)o1. The van der Waals surface area contributed by atoms with Crippen molar-refractivity contribution in [1.82, 2.24) is 4.90 Å². The van der Waals surface area contributed by atoms with Crippen LogP contribution in [0, 0.1) is 0 Å². The van der Waals surface area contributed by atoms with Gasteiger partial charge in [-0.1, -0.05) is 0 Å². The highest BCUT2D eigenvalue weighted by Crippen LogP contribution is 2.27. The Morgan fingerprint density at radius 3 is 2.94 bits per heavy atom. The molecule has 5 nitrogen and oxygen atoms in total. The fraction of sp³-hybridized carbons (Fsp3) is 0.583. The van der Waals surface area contributed by atoms with Crippen LogP contribution in [0.5, 0.6) is 0 Å². The van der Waals surface area contributed by atoms with Crippen LogP contribution in [0.4, 0.5) is 5.88 Å². The second kappa shape index (κ2) is 4.89. The molecule has 2 unspecified atom stereocenters. The highest BCUT2D eigenvalue weighted by molar-refractivity contribution is 5.71. The Hall–Kier alpha value is -1.33. The molecule has 17 heavy (non-hydrogen) atoms. The van der Waals surface area contributed by atoms with Crippen molar-refractivity contribution in [3.63, 3.8) is 0 Å². The van der Waals surface area contributed by atoms with Gasteiger partial charge in [0.1, 0.15) is 0 Å². The van der Waals surface area contributed by atoms with Crippen LogP contribution in [0.2, 0.25) is 0 Å². The highest BCUT2D eigenvalue weighted by atomic mass is 16.4. The third-order valence-corrected chi connectivity index (χ3v) is 2.98. The van der Waals surface area contributed by atoms with Crippen LogP contribution in [0.15, 0.2) is 16.5 Å². The summed E-state index contributed by atoms with van der Waals surface area (Å²) in [6, 6.07) is 3.66.